The Hall–Kier alpha value is -1.64. The number of halogens is 3. The van der Waals surface area contributed by atoms with Gasteiger partial charge in [-0.3, -0.25) is 0 Å². The third-order valence-corrected chi connectivity index (χ3v) is 1.06. The van der Waals surface area contributed by atoms with Crippen LogP contribution in [0.1, 0.15) is 11.4 Å². The number of nitriles is 1. The van der Waals surface area contributed by atoms with Crippen molar-refractivity contribution < 1.29 is 13.2 Å². The minimum Gasteiger partial charge on any atom is -0.247 e. The molecule has 12 heavy (non-hydrogen) atoms. The van der Waals surface area contributed by atoms with Gasteiger partial charge in [0, 0.05) is 0 Å². The molecule has 1 heterocycles. The van der Waals surface area contributed by atoms with Crippen LogP contribution in [-0.4, -0.2) is 9.97 Å². The molecule has 62 valence electrons. The van der Waals surface area contributed by atoms with E-state index in [2.05, 4.69) is 9.97 Å². The van der Waals surface area contributed by atoms with Crippen molar-refractivity contribution in [1.82, 2.24) is 9.97 Å². The van der Waals surface area contributed by atoms with E-state index < -0.39 is 11.9 Å². The van der Waals surface area contributed by atoms with Crippen molar-refractivity contribution in [3.63, 3.8) is 0 Å². The lowest BCUT2D eigenvalue weighted by Gasteiger charge is -2.02. The van der Waals surface area contributed by atoms with Crippen molar-refractivity contribution in [1.29, 1.82) is 5.26 Å². The van der Waals surface area contributed by atoms with Crippen molar-refractivity contribution in [3.8, 4) is 6.07 Å². The third kappa shape index (κ3) is 1.69. The van der Waals surface area contributed by atoms with Gasteiger partial charge in [0.05, 0.1) is 12.4 Å². The third-order valence-electron chi connectivity index (χ3n) is 1.06. The van der Waals surface area contributed by atoms with Crippen LogP contribution in [0.15, 0.2) is 12.4 Å². The van der Waals surface area contributed by atoms with Gasteiger partial charge < -0.3 is 0 Å². The van der Waals surface area contributed by atoms with Crippen molar-refractivity contribution in [2.75, 3.05) is 0 Å². The first-order chi connectivity index (χ1) is 5.54. The quantitative estimate of drug-likeness (QED) is 0.595. The molecule has 0 spiro atoms. The Labute approximate surface area is 65.5 Å². The second-order valence-corrected chi connectivity index (χ2v) is 1.90. The molecule has 3 nitrogen and oxygen atoms in total. The Bertz CT molecular complexity index is 308. The number of nitrogens with zero attached hydrogens (tertiary/aromatic N) is 3. The van der Waals surface area contributed by atoms with Gasteiger partial charge in [-0.2, -0.15) is 18.4 Å². The molecule has 0 aromatic carbocycles. The van der Waals surface area contributed by atoms with E-state index in [-0.39, 0.29) is 5.69 Å². The van der Waals surface area contributed by atoms with Gasteiger partial charge in [-0.1, -0.05) is 0 Å². The van der Waals surface area contributed by atoms with Gasteiger partial charge in [0.15, 0.2) is 11.4 Å². The summed E-state index contributed by atoms with van der Waals surface area (Å²) in [5.74, 6) is 0. The van der Waals surface area contributed by atoms with Gasteiger partial charge in [-0.05, 0) is 0 Å². The highest BCUT2D eigenvalue weighted by Crippen LogP contribution is 2.26. The molecule has 0 fully saturated rings. The van der Waals surface area contributed by atoms with Gasteiger partial charge in [0.25, 0.3) is 0 Å². The monoisotopic (exact) mass is 173 g/mol. The Morgan fingerprint density at radius 2 is 1.92 bits per heavy atom. The number of alkyl halides is 3. The minimum absolute atomic E-state index is 0.136. The topological polar surface area (TPSA) is 49.6 Å². The molecule has 0 aliphatic heterocycles. The summed E-state index contributed by atoms with van der Waals surface area (Å²) in [5, 5.41) is 8.20. The maximum absolute atomic E-state index is 11.8. The molecule has 1 aromatic rings. The second kappa shape index (κ2) is 2.77. The van der Waals surface area contributed by atoms with Crippen LogP contribution in [0.2, 0.25) is 0 Å². The van der Waals surface area contributed by atoms with E-state index in [1.54, 1.807) is 6.07 Å². The Morgan fingerprint density at radius 1 is 1.25 bits per heavy atom. The zero-order valence-electron chi connectivity index (χ0n) is 5.63. The van der Waals surface area contributed by atoms with E-state index in [0.29, 0.717) is 6.20 Å². The molecule has 1 aromatic heterocycles. The molecule has 0 amide bonds. The predicted molar refractivity (Wildman–Crippen MR) is 31.7 cm³/mol. The normalized spacial score (nSPS) is 10.8. The second-order valence-electron chi connectivity index (χ2n) is 1.90. The molecular weight excluding hydrogens is 171 g/mol. The summed E-state index contributed by atoms with van der Waals surface area (Å²) >= 11 is 0. The largest absolute Gasteiger partial charge is 0.434 e. The summed E-state index contributed by atoms with van der Waals surface area (Å²) < 4.78 is 35.5. The fourth-order valence-electron chi connectivity index (χ4n) is 0.532. The highest BCUT2D eigenvalue weighted by atomic mass is 19.4. The van der Waals surface area contributed by atoms with E-state index in [1.165, 1.54) is 0 Å². The van der Waals surface area contributed by atoms with E-state index in [1.807, 2.05) is 0 Å². The molecule has 6 heteroatoms. The molecule has 0 saturated heterocycles. The average Bonchev–Trinajstić information content (AvgIpc) is 2.03. The van der Waals surface area contributed by atoms with Crippen molar-refractivity contribution in [2.45, 2.75) is 6.18 Å². The summed E-state index contributed by atoms with van der Waals surface area (Å²) in [6.45, 7) is 0. The molecule has 0 aliphatic rings. The maximum Gasteiger partial charge on any atom is 0.434 e. The highest BCUT2D eigenvalue weighted by Gasteiger charge is 2.32. The predicted octanol–water partition coefficient (Wildman–Crippen LogP) is 1.37. The summed E-state index contributed by atoms with van der Waals surface area (Å²) in [5.41, 5.74) is -1.23. The van der Waals surface area contributed by atoms with Crippen molar-refractivity contribution in [3.05, 3.63) is 23.8 Å². The maximum atomic E-state index is 11.8. The van der Waals surface area contributed by atoms with E-state index >= 15 is 0 Å². The van der Waals surface area contributed by atoms with E-state index in [0.717, 1.165) is 6.20 Å². The Kier molecular flexibility index (Phi) is 1.95. The average molecular weight is 173 g/mol. The number of hydrogen-bond donors (Lipinski definition) is 0. The molecule has 0 radical (unpaired) electrons. The molecular formula is C6H2F3N3. The first-order valence-electron chi connectivity index (χ1n) is 2.83. The fraction of sp³-hybridized carbons (Fsp3) is 0.167. The standard InChI is InChI=1S/C6H2F3N3/c7-6(8,9)5-3-11-4(1-10)2-12-5/h2-3H. The smallest absolute Gasteiger partial charge is 0.247 e. The Morgan fingerprint density at radius 3 is 2.25 bits per heavy atom. The van der Waals surface area contributed by atoms with Gasteiger partial charge in [0.1, 0.15) is 6.07 Å². The Balaban J connectivity index is 3.02. The van der Waals surface area contributed by atoms with Gasteiger partial charge >= 0.3 is 6.18 Å². The molecule has 0 N–H and O–H groups in total. The van der Waals surface area contributed by atoms with Crippen LogP contribution in [0.5, 0.6) is 0 Å². The molecule has 0 bridgehead atoms. The molecule has 0 aliphatic carbocycles. The van der Waals surface area contributed by atoms with Crippen LogP contribution in [0, 0.1) is 11.3 Å². The van der Waals surface area contributed by atoms with Crippen LogP contribution < -0.4 is 0 Å². The molecule has 0 saturated carbocycles. The zero-order chi connectivity index (χ0) is 9.19. The van der Waals surface area contributed by atoms with E-state index in [4.69, 9.17) is 5.26 Å². The number of aromatic nitrogens is 2. The van der Waals surface area contributed by atoms with Gasteiger partial charge in [-0.15, -0.1) is 0 Å². The van der Waals surface area contributed by atoms with Crippen LogP contribution in [0.4, 0.5) is 13.2 Å². The number of hydrogen-bond acceptors (Lipinski definition) is 3. The highest BCUT2D eigenvalue weighted by molar-refractivity contribution is 5.17. The van der Waals surface area contributed by atoms with Crippen LogP contribution in [-0.2, 0) is 6.18 Å². The summed E-state index contributed by atoms with van der Waals surface area (Å²) in [6.07, 6.45) is -3.19. The summed E-state index contributed by atoms with van der Waals surface area (Å²) in [7, 11) is 0. The van der Waals surface area contributed by atoms with Crippen molar-refractivity contribution in [2.24, 2.45) is 0 Å². The lowest BCUT2D eigenvalue weighted by atomic mass is 10.4. The van der Waals surface area contributed by atoms with Crippen LogP contribution in [0.3, 0.4) is 0 Å². The van der Waals surface area contributed by atoms with Gasteiger partial charge in [0.2, 0.25) is 0 Å². The van der Waals surface area contributed by atoms with Crippen LogP contribution in [0.25, 0.3) is 0 Å². The minimum atomic E-state index is -4.50. The summed E-state index contributed by atoms with van der Waals surface area (Å²) in [4.78, 5) is 6.23. The molecule has 0 atom stereocenters. The molecule has 0 unspecified atom stereocenters. The lowest BCUT2D eigenvalue weighted by Crippen LogP contribution is -2.08. The first kappa shape index (κ1) is 8.46. The van der Waals surface area contributed by atoms with Crippen LogP contribution >= 0.6 is 0 Å². The first-order valence-corrected chi connectivity index (χ1v) is 2.83. The lowest BCUT2D eigenvalue weighted by molar-refractivity contribution is -0.141. The van der Waals surface area contributed by atoms with Gasteiger partial charge in [-0.25, -0.2) is 9.97 Å². The number of rotatable bonds is 0. The molecule has 1 rings (SSSR count). The van der Waals surface area contributed by atoms with E-state index in [9.17, 15) is 13.2 Å². The SMILES string of the molecule is N#Cc1cnc(C(F)(F)F)cn1. The zero-order valence-corrected chi connectivity index (χ0v) is 5.63. The summed E-state index contributed by atoms with van der Waals surface area (Å²) in [6, 6.07) is 1.56. The fourth-order valence-corrected chi connectivity index (χ4v) is 0.532. The van der Waals surface area contributed by atoms with Crippen molar-refractivity contribution >= 4 is 0 Å².